The van der Waals surface area contributed by atoms with Gasteiger partial charge < -0.3 is 5.11 Å². The molecule has 1 aromatic heterocycles. The maximum Gasteiger partial charge on any atom is 0.335 e. The van der Waals surface area contributed by atoms with E-state index in [1.54, 1.807) is 11.4 Å². The van der Waals surface area contributed by atoms with E-state index in [0.717, 1.165) is 6.07 Å². The summed E-state index contributed by atoms with van der Waals surface area (Å²) in [7, 11) is 0. The second kappa shape index (κ2) is 4.23. The summed E-state index contributed by atoms with van der Waals surface area (Å²) < 4.78 is 13.5. The molecule has 1 N–H and O–H groups in total. The van der Waals surface area contributed by atoms with E-state index < -0.39 is 11.8 Å². The zero-order valence-corrected chi connectivity index (χ0v) is 9.48. The number of carbonyl (C=O) groups is 1. The number of rotatable bonds is 2. The Kier molecular flexibility index (Phi) is 2.94. The van der Waals surface area contributed by atoms with Gasteiger partial charge in [0.05, 0.1) is 15.5 Å². The van der Waals surface area contributed by atoms with Crippen molar-refractivity contribution in [2.75, 3.05) is 0 Å². The van der Waals surface area contributed by atoms with Crippen LogP contribution < -0.4 is 0 Å². The van der Waals surface area contributed by atoms with Gasteiger partial charge in [-0.2, -0.15) is 0 Å². The maximum absolute atomic E-state index is 13.5. The molecule has 0 aliphatic carbocycles. The van der Waals surface area contributed by atoms with E-state index in [-0.39, 0.29) is 11.1 Å². The Morgan fingerprint density at radius 1 is 1.38 bits per heavy atom. The van der Waals surface area contributed by atoms with Gasteiger partial charge in [0.25, 0.3) is 0 Å². The lowest BCUT2D eigenvalue weighted by atomic mass is 10.1. The van der Waals surface area contributed by atoms with Crippen LogP contribution in [0.4, 0.5) is 4.39 Å². The third kappa shape index (κ3) is 1.94. The van der Waals surface area contributed by atoms with Crippen molar-refractivity contribution >= 4 is 28.9 Å². The van der Waals surface area contributed by atoms with Crippen LogP contribution in [0.2, 0.25) is 5.02 Å². The van der Waals surface area contributed by atoms with Gasteiger partial charge in [-0.15, -0.1) is 11.3 Å². The third-order valence-corrected chi connectivity index (χ3v) is 3.45. The average Bonchev–Trinajstić information content (AvgIpc) is 2.65. The van der Waals surface area contributed by atoms with Crippen LogP contribution in [0.3, 0.4) is 0 Å². The highest BCUT2D eigenvalue weighted by molar-refractivity contribution is 7.14. The molecule has 1 heterocycles. The molecule has 0 radical (unpaired) electrons. The molecule has 0 atom stereocenters. The monoisotopic (exact) mass is 256 g/mol. The standard InChI is InChI=1S/C11H6ClFO2S/c12-8-3-4-16-10(8)7-5-6(11(14)15)1-2-9(7)13/h1-5H,(H,14,15). The number of hydrogen-bond donors (Lipinski definition) is 1. The lowest BCUT2D eigenvalue weighted by Crippen LogP contribution is -1.97. The van der Waals surface area contributed by atoms with Crippen molar-refractivity contribution < 1.29 is 14.3 Å². The largest absolute Gasteiger partial charge is 0.478 e. The normalized spacial score (nSPS) is 10.4. The predicted molar refractivity (Wildman–Crippen MR) is 61.7 cm³/mol. The van der Waals surface area contributed by atoms with Crippen molar-refractivity contribution in [3.63, 3.8) is 0 Å². The van der Waals surface area contributed by atoms with Crippen LogP contribution in [-0.4, -0.2) is 11.1 Å². The average molecular weight is 257 g/mol. The van der Waals surface area contributed by atoms with Gasteiger partial charge in [0.1, 0.15) is 5.82 Å². The van der Waals surface area contributed by atoms with Crippen molar-refractivity contribution in [1.29, 1.82) is 0 Å². The molecule has 0 saturated carbocycles. The molecule has 0 saturated heterocycles. The summed E-state index contributed by atoms with van der Waals surface area (Å²) in [5.74, 6) is -1.57. The molecule has 0 spiro atoms. The molecule has 16 heavy (non-hydrogen) atoms. The highest BCUT2D eigenvalue weighted by Crippen LogP contribution is 2.35. The number of carboxylic acids is 1. The van der Waals surface area contributed by atoms with Gasteiger partial charge in [0.15, 0.2) is 0 Å². The molecule has 82 valence electrons. The Morgan fingerprint density at radius 3 is 2.69 bits per heavy atom. The number of benzene rings is 1. The SMILES string of the molecule is O=C(O)c1ccc(F)c(-c2sccc2Cl)c1. The van der Waals surface area contributed by atoms with Crippen molar-refractivity contribution in [3.8, 4) is 10.4 Å². The molecule has 2 rings (SSSR count). The van der Waals surface area contributed by atoms with Crippen LogP contribution in [0.15, 0.2) is 29.6 Å². The Hall–Kier alpha value is -1.39. The Morgan fingerprint density at radius 2 is 2.12 bits per heavy atom. The Bertz CT molecular complexity index is 551. The van der Waals surface area contributed by atoms with Crippen LogP contribution in [0.1, 0.15) is 10.4 Å². The first-order valence-corrected chi connectivity index (χ1v) is 5.61. The van der Waals surface area contributed by atoms with Crippen LogP contribution in [-0.2, 0) is 0 Å². The molecule has 0 aliphatic heterocycles. The van der Waals surface area contributed by atoms with Crippen molar-refractivity contribution in [2.24, 2.45) is 0 Å². The molecule has 2 nitrogen and oxygen atoms in total. The first kappa shape index (κ1) is 11.1. The summed E-state index contributed by atoms with van der Waals surface area (Å²) >= 11 is 7.15. The summed E-state index contributed by atoms with van der Waals surface area (Å²) in [6, 6.07) is 5.29. The van der Waals surface area contributed by atoms with E-state index in [0.29, 0.717) is 9.90 Å². The second-order valence-electron chi connectivity index (χ2n) is 3.10. The lowest BCUT2D eigenvalue weighted by Gasteiger charge is -2.02. The number of aromatic carboxylic acids is 1. The van der Waals surface area contributed by atoms with E-state index in [1.165, 1.54) is 23.5 Å². The topological polar surface area (TPSA) is 37.3 Å². The zero-order chi connectivity index (χ0) is 11.7. The highest BCUT2D eigenvalue weighted by Gasteiger charge is 2.13. The van der Waals surface area contributed by atoms with E-state index in [4.69, 9.17) is 16.7 Å². The van der Waals surface area contributed by atoms with Gasteiger partial charge >= 0.3 is 5.97 Å². The lowest BCUT2D eigenvalue weighted by molar-refractivity contribution is 0.0697. The summed E-state index contributed by atoms with van der Waals surface area (Å²) in [4.78, 5) is 11.3. The van der Waals surface area contributed by atoms with E-state index >= 15 is 0 Å². The van der Waals surface area contributed by atoms with Gasteiger partial charge in [0.2, 0.25) is 0 Å². The smallest absolute Gasteiger partial charge is 0.335 e. The minimum atomic E-state index is -1.09. The molecule has 0 aliphatic rings. The minimum absolute atomic E-state index is 0.0425. The molecule has 2 aromatic rings. The van der Waals surface area contributed by atoms with E-state index in [1.807, 2.05) is 0 Å². The number of hydrogen-bond acceptors (Lipinski definition) is 2. The highest BCUT2D eigenvalue weighted by atomic mass is 35.5. The molecule has 0 amide bonds. The molecule has 5 heteroatoms. The summed E-state index contributed by atoms with van der Waals surface area (Å²) in [5.41, 5.74) is 0.265. The van der Waals surface area contributed by atoms with Crippen molar-refractivity contribution in [1.82, 2.24) is 0 Å². The van der Waals surface area contributed by atoms with Crippen molar-refractivity contribution in [3.05, 3.63) is 46.0 Å². The molecule has 0 fully saturated rings. The number of halogens is 2. The van der Waals surface area contributed by atoms with Crippen molar-refractivity contribution in [2.45, 2.75) is 0 Å². The van der Waals surface area contributed by atoms with Gasteiger partial charge in [-0.05, 0) is 29.6 Å². The molecular weight excluding hydrogens is 251 g/mol. The number of thiophene rings is 1. The second-order valence-corrected chi connectivity index (χ2v) is 4.42. The predicted octanol–water partition coefficient (Wildman–Crippen LogP) is 3.91. The van der Waals surface area contributed by atoms with Crippen LogP contribution in [0.25, 0.3) is 10.4 Å². The van der Waals surface area contributed by atoms with E-state index in [9.17, 15) is 9.18 Å². The minimum Gasteiger partial charge on any atom is -0.478 e. The van der Waals surface area contributed by atoms with Gasteiger partial charge in [-0.25, -0.2) is 9.18 Å². The zero-order valence-electron chi connectivity index (χ0n) is 7.91. The van der Waals surface area contributed by atoms with Crippen LogP contribution >= 0.6 is 22.9 Å². The van der Waals surface area contributed by atoms with Crippen LogP contribution in [0, 0.1) is 5.82 Å². The number of carboxylic acid groups (broad SMARTS) is 1. The molecule has 0 bridgehead atoms. The first-order valence-electron chi connectivity index (χ1n) is 4.36. The fourth-order valence-electron chi connectivity index (χ4n) is 1.32. The van der Waals surface area contributed by atoms with Gasteiger partial charge in [-0.3, -0.25) is 0 Å². The third-order valence-electron chi connectivity index (χ3n) is 2.08. The van der Waals surface area contributed by atoms with Gasteiger partial charge in [0, 0.05) is 5.56 Å². The van der Waals surface area contributed by atoms with E-state index in [2.05, 4.69) is 0 Å². The van der Waals surface area contributed by atoms with Gasteiger partial charge in [-0.1, -0.05) is 11.6 Å². The fourth-order valence-corrected chi connectivity index (χ4v) is 2.50. The first-order chi connectivity index (χ1) is 7.59. The molecular formula is C11H6ClFO2S. The Balaban J connectivity index is 2.60. The fraction of sp³-hybridized carbons (Fsp3) is 0. The maximum atomic E-state index is 13.5. The summed E-state index contributed by atoms with van der Waals surface area (Å²) in [6.45, 7) is 0. The molecule has 0 unspecified atom stereocenters. The summed E-state index contributed by atoms with van der Waals surface area (Å²) in [5, 5.41) is 11.0. The molecule has 1 aromatic carbocycles. The Labute approximate surface area is 99.9 Å². The van der Waals surface area contributed by atoms with Crippen LogP contribution in [0.5, 0.6) is 0 Å². The quantitative estimate of drug-likeness (QED) is 0.885. The summed E-state index contributed by atoms with van der Waals surface area (Å²) in [6.07, 6.45) is 0.